The maximum atomic E-state index is 13.2. The molecule has 8 nitrogen and oxygen atoms in total. The van der Waals surface area contributed by atoms with E-state index < -0.39 is 11.2 Å². The van der Waals surface area contributed by atoms with E-state index in [-0.39, 0.29) is 24.8 Å². The molecule has 0 aliphatic carbocycles. The van der Waals surface area contributed by atoms with Crippen LogP contribution in [0.1, 0.15) is 122 Å². The number of carbonyl (C=O) groups is 2. The van der Waals surface area contributed by atoms with E-state index in [9.17, 15) is 9.59 Å². The number of ether oxygens (including phenoxy) is 2. The fourth-order valence-corrected chi connectivity index (χ4v) is 8.76. The van der Waals surface area contributed by atoms with Gasteiger partial charge in [-0.1, -0.05) is 35.4 Å². The molecule has 0 atom stereocenters. The highest BCUT2D eigenvalue weighted by molar-refractivity contribution is 5.97. The highest BCUT2D eigenvalue weighted by Crippen LogP contribution is 2.39. The largest absolute Gasteiger partial charge is 0.460 e. The number of aromatic nitrogens is 4. The molecule has 0 amide bonds. The molecule has 2 aromatic carbocycles. The Labute approximate surface area is 354 Å². The maximum absolute atomic E-state index is 13.2. The van der Waals surface area contributed by atoms with Crippen LogP contribution in [-0.4, -0.2) is 43.1 Å². The molecule has 2 aliphatic heterocycles. The Morgan fingerprint density at radius 2 is 0.817 bits per heavy atom. The van der Waals surface area contributed by atoms with Gasteiger partial charge in [0.15, 0.2) is 0 Å². The summed E-state index contributed by atoms with van der Waals surface area (Å²) in [6.07, 6.45) is 9.45. The van der Waals surface area contributed by atoms with E-state index in [1.54, 1.807) is 0 Å². The Morgan fingerprint density at radius 3 is 1.18 bits per heavy atom. The van der Waals surface area contributed by atoms with Gasteiger partial charge in [0, 0.05) is 57.2 Å². The summed E-state index contributed by atoms with van der Waals surface area (Å²) < 4.78 is 11.6. The Balaban J connectivity index is 1.60. The third-order valence-electron chi connectivity index (χ3n) is 10.8. The van der Waals surface area contributed by atoms with Crippen molar-refractivity contribution >= 4 is 58.3 Å². The van der Waals surface area contributed by atoms with Crippen molar-refractivity contribution in [2.75, 3.05) is 0 Å². The van der Waals surface area contributed by atoms with Crippen molar-refractivity contribution < 1.29 is 19.1 Å². The molecule has 5 heterocycles. The Morgan fingerprint density at radius 1 is 0.483 bits per heavy atom. The summed E-state index contributed by atoms with van der Waals surface area (Å²) in [5.41, 5.74) is 18.4. The van der Waals surface area contributed by atoms with Crippen molar-refractivity contribution in [2.24, 2.45) is 0 Å². The number of fused-ring (bicyclic) bond motifs is 8. The number of benzene rings is 2. The van der Waals surface area contributed by atoms with Crippen LogP contribution < -0.4 is 0 Å². The third-order valence-corrected chi connectivity index (χ3v) is 10.8. The van der Waals surface area contributed by atoms with E-state index in [0.29, 0.717) is 12.8 Å². The Hall–Kier alpha value is -6.02. The SMILES string of the molecule is Cc1cc(C)c(-c2c3nc(c(CCC(=O)OC(C)(C)C)c4ccc([nH]4)c(-c4c(C)cc(C)cc4C)c4ccc([nH]4)c(CCC(=O)OC(C)(C)C)c4nc2C=C4)C=C3)c(C)c1. The quantitative estimate of drug-likeness (QED) is 0.148. The number of carbonyl (C=O) groups excluding carboxylic acids is 2. The molecule has 0 saturated carbocycles. The number of esters is 2. The van der Waals surface area contributed by atoms with Crippen LogP contribution in [0.5, 0.6) is 0 Å². The molecule has 3 aromatic heterocycles. The molecule has 2 aliphatic rings. The van der Waals surface area contributed by atoms with Crippen LogP contribution in [0.3, 0.4) is 0 Å². The summed E-state index contributed by atoms with van der Waals surface area (Å²) in [6.45, 7) is 24.2. The molecule has 60 heavy (non-hydrogen) atoms. The van der Waals surface area contributed by atoms with Gasteiger partial charge in [0.1, 0.15) is 11.2 Å². The molecule has 0 fully saturated rings. The van der Waals surface area contributed by atoms with Gasteiger partial charge in [0.25, 0.3) is 0 Å². The van der Waals surface area contributed by atoms with Crippen molar-refractivity contribution in [3.8, 4) is 22.3 Å². The fraction of sp³-hybridized carbons (Fsp3) is 0.346. The minimum atomic E-state index is -0.595. The molecule has 2 N–H and O–H groups in total. The molecular formula is C52H58N4O4. The summed E-state index contributed by atoms with van der Waals surface area (Å²) in [7, 11) is 0. The highest BCUT2D eigenvalue weighted by atomic mass is 16.6. The first-order valence-corrected chi connectivity index (χ1v) is 21.0. The average molecular weight is 803 g/mol. The van der Waals surface area contributed by atoms with E-state index >= 15 is 0 Å². The number of hydrogen-bond acceptors (Lipinski definition) is 6. The number of aryl methyl sites for hydroxylation is 8. The zero-order valence-corrected chi connectivity index (χ0v) is 37.3. The van der Waals surface area contributed by atoms with Crippen molar-refractivity contribution in [3.05, 3.63) is 116 Å². The van der Waals surface area contributed by atoms with Crippen molar-refractivity contribution in [1.29, 1.82) is 0 Å². The molecule has 0 unspecified atom stereocenters. The van der Waals surface area contributed by atoms with Gasteiger partial charge in [0.2, 0.25) is 0 Å². The molecule has 0 spiro atoms. The molecule has 0 saturated heterocycles. The van der Waals surface area contributed by atoms with Crippen LogP contribution in [0.15, 0.2) is 48.5 Å². The minimum Gasteiger partial charge on any atom is -0.460 e. The van der Waals surface area contributed by atoms with Crippen molar-refractivity contribution in [2.45, 2.75) is 120 Å². The van der Waals surface area contributed by atoms with Gasteiger partial charge in [-0.2, -0.15) is 0 Å². The summed E-state index contributed by atoms with van der Waals surface area (Å²) in [4.78, 5) is 44.8. The summed E-state index contributed by atoms with van der Waals surface area (Å²) in [5, 5.41) is 0. The number of aromatic amines is 2. The lowest BCUT2D eigenvalue weighted by Crippen LogP contribution is -2.24. The molecule has 7 rings (SSSR count). The Bertz CT molecular complexity index is 2600. The van der Waals surface area contributed by atoms with Crippen LogP contribution in [-0.2, 0) is 31.9 Å². The van der Waals surface area contributed by atoms with Crippen LogP contribution in [0.25, 0.3) is 68.6 Å². The lowest BCUT2D eigenvalue weighted by atomic mass is 9.92. The van der Waals surface area contributed by atoms with Crippen LogP contribution in [0.2, 0.25) is 0 Å². The lowest BCUT2D eigenvalue weighted by molar-refractivity contribution is -0.155. The third kappa shape index (κ3) is 9.08. The van der Waals surface area contributed by atoms with Gasteiger partial charge in [-0.25, -0.2) is 9.97 Å². The smallest absolute Gasteiger partial charge is 0.306 e. The van der Waals surface area contributed by atoms with Gasteiger partial charge in [-0.3, -0.25) is 9.59 Å². The zero-order chi connectivity index (χ0) is 43.3. The lowest BCUT2D eigenvalue weighted by Gasteiger charge is -2.19. The number of nitrogens with zero attached hydrogens (tertiary/aromatic N) is 2. The van der Waals surface area contributed by atoms with E-state index in [4.69, 9.17) is 19.4 Å². The van der Waals surface area contributed by atoms with Crippen LogP contribution in [0.4, 0.5) is 0 Å². The summed E-state index contributed by atoms with van der Waals surface area (Å²) in [5.74, 6) is -0.522. The zero-order valence-electron chi connectivity index (χ0n) is 37.3. The standard InChI is InChI=1S/C52H58N4O4/c1-29-25-31(3)47(32(4)26-29)49-41-19-15-37(53-41)35(13-23-45(57)59-51(7,8)9)39-17-21-43(55-39)50(48-33(5)27-30(2)28-34(48)6)44-22-18-40(56-44)36(38-16-20-42(49)54-38)14-24-46(58)60-52(10,11)12/h15-22,25-28,53-54H,13-14,23-24H2,1-12H3. The average Bonchev–Trinajstić information content (AvgIpc) is 3.95. The number of rotatable bonds is 8. The molecule has 8 heteroatoms. The number of nitrogens with one attached hydrogen (secondary N) is 2. The first-order chi connectivity index (χ1) is 28.2. The monoisotopic (exact) mass is 802 g/mol. The van der Waals surface area contributed by atoms with E-state index in [1.165, 1.54) is 11.1 Å². The molecular weight excluding hydrogens is 745 g/mol. The van der Waals surface area contributed by atoms with Gasteiger partial charge in [0.05, 0.1) is 22.8 Å². The van der Waals surface area contributed by atoms with Gasteiger partial charge in [-0.05, 0) is 178 Å². The predicted molar refractivity (Wildman–Crippen MR) is 246 cm³/mol. The van der Waals surface area contributed by atoms with Crippen molar-refractivity contribution in [3.63, 3.8) is 0 Å². The molecule has 5 aromatic rings. The van der Waals surface area contributed by atoms with E-state index in [1.807, 2.05) is 41.5 Å². The van der Waals surface area contributed by atoms with Gasteiger partial charge < -0.3 is 19.4 Å². The fourth-order valence-electron chi connectivity index (χ4n) is 8.76. The second-order valence-electron chi connectivity index (χ2n) is 18.4. The van der Waals surface area contributed by atoms with E-state index in [0.717, 1.165) is 100 Å². The normalized spacial score (nSPS) is 12.6. The first-order valence-electron chi connectivity index (χ1n) is 21.0. The number of H-pyrrole nitrogens is 2. The topological polar surface area (TPSA) is 110 Å². The van der Waals surface area contributed by atoms with Gasteiger partial charge in [-0.15, -0.1) is 0 Å². The van der Waals surface area contributed by atoms with Crippen LogP contribution in [0, 0.1) is 41.5 Å². The Kier molecular flexibility index (Phi) is 11.4. The van der Waals surface area contributed by atoms with Gasteiger partial charge >= 0.3 is 11.9 Å². The summed E-state index contributed by atoms with van der Waals surface area (Å²) in [6, 6.07) is 17.3. The second-order valence-corrected chi connectivity index (χ2v) is 18.4. The highest BCUT2D eigenvalue weighted by Gasteiger charge is 2.23. The van der Waals surface area contributed by atoms with Crippen LogP contribution >= 0.6 is 0 Å². The molecule has 0 radical (unpaired) electrons. The van der Waals surface area contributed by atoms with E-state index in [2.05, 4.69) is 124 Å². The minimum absolute atomic E-state index is 0.193. The molecule has 310 valence electrons. The second kappa shape index (κ2) is 16.2. The summed E-state index contributed by atoms with van der Waals surface area (Å²) >= 11 is 0. The maximum Gasteiger partial charge on any atom is 0.306 e. The number of hydrogen-bond donors (Lipinski definition) is 2. The van der Waals surface area contributed by atoms with Crippen molar-refractivity contribution in [1.82, 2.24) is 19.9 Å². The first kappa shape index (κ1) is 42.1. The predicted octanol–water partition coefficient (Wildman–Crippen LogP) is 12.4. The molecule has 8 bridgehead atoms.